The predicted octanol–water partition coefficient (Wildman–Crippen LogP) is 2.85. The van der Waals surface area contributed by atoms with Crippen LogP contribution in [-0.4, -0.2) is 61.3 Å². The molecule has 1 saturated heterocycles. The van der Waals surface area contributed by atoms with Crippen LogP contribution in [-0.2, 0) is 4.74 Å². The standard InChI is InChI=1S/C16H20F3N3O4/c1-2-20(6-5-16(17,18)19)15(23)13-11-12(22(24)25)3-4-14(13)21-7-9-26-10-8-21/h3-4,11H,2,5-10H2,1H3. The lowest BCUT2D eigenvalue weighted by Gasteiger charge is -2.31. The Morgan fingerprint density at radius 3 is 2.54 bits per heavy atom. The Morgan fingerprint density at radius 2 is 2.00 bits per heavy atom. The molecule has 1 aliphatic rings. The number of carbonyl (C=O) groups is 1. The molecule has 0 saturated carbocycles. The number of hydrogen-bond acceptors (Lipinski definition) is 5. The van der Waals surface area contributed by atoms with E-state index in [1.165, 1.54) is 12.1 Å². The van der Waals surface area contributed by atoms with Gasteiger partial charge < -0.3 is 14.5 Å². The summed E-state index contributed by atoms with van der Waals surface area (Å²) >= 11 is 0. The minimum atomic E-state index is -4.39. The third-order valence-electron chi connectivity index (χ3n) is 4.11. The van der Waals surface area contributed by atoms with E-state index in [1.54, 1.807) is 6.92 Å². The van der Waals surface area contributed by atoms with E-state index in [0.717, 1.165) is 11.0 Å². The van der Waals surface area contributed by atoms with Crippen molar-refractivity contribution >= 4 is 17.3 Å². The fraction of sp³-hybridized carbons (Fsp3) is 0.562. The monoisotopic (exact) mass is 375 g/mol. The molecular weight excluding hydrogens is 355 g/mol. The summed E-state index contributed by atoms with van der Waals surface area (Å²) < 4.78 is 42.8. The number of hydrogen-bond donors (Lipinski definition) is 0. The van der Waals surface area contributed by atoms with Crippen LogP contribution in [0.25, 0.3) is 0 Å². The molecule has 0 unspecified atom stereocenters. The molecule has 144 valence electrons. The predicted molar refractivity (Wildman–Crippen MR) is 88.4 cm³/mol. The summed E-state index contributed by atoms with van der Waals surface area (Å²) in [7, 11) is 0. The van der Waals surface area contributed by atoms with Crippen molar-refractivity contribution in [2.24, 2.45) is 0 Å². The first kappa shape index (κ1) is 20.0. The molecule has 10 heteroatoms. The van der Waals surface area contributed by atoms with Gasteiger partial charge in [0.25, 0.3) is 11.6 Å². The van der Waals surface area contributed by atoms with Gasteiger partial charge in [0.2, 0.25) is 0 Å². The molecule has 2 rings (SSSR count). The van der Waals surface area contributed by atoms with E-state index < -0.39 is 30.0 Å². The highest BCUT2D eigenvalue weighted by molar-refractivity contribution is 6.00. The van der Waals surface area contributed by atoms with Crippen molar-refractivity contribution in [2.75, 3.05) is 44.3 Å². The summed E-state index contributed by atoms with van der Waals surface area (Å²) in [5, 5.41) is 11.1. The molecule has 1 aliphatic heterocycles. The zero-order chi connectivity index (χ0) is 19.3. The Hall–Kier alpha value is -2.36. The summed E-state index contributed by atoms with van der Waals surface area (Å²) in [5.74, 6) is -0.651. The molecule has 0 bridgehead atoms. The van der Waals surface area contributed by atoms with Crippen molar-refractivity contribution < 1.29 is 27.6 Å². The number of amides is 1. The van der Waals surface area contributed by atoms with Crippen LogP contribution >= 0.6 is 0 Å². The minimum Gasteiger partial charge on any atom is -0.378 e. The number of benzene rings is 1. The lowest BCUT2D eigenvalue weighted by molar-refractivity contribution is -0.384. The second-order valence-corrected chi connectivity index (χ2v) is 5.81. The van der Waals surface area contributed by atoms with Gasteiger partial charge in [0.05, 0.1) is 35.8 Å². The Morgan fingerprint density at radius 1 is 1.35 bits per heavy atom. The molecule has 0 radical (unpaired) electrons. The van der Waals surface area contributed by atoms with Crippen LogP contribution in [0.2, 0.25) is 0 Å². The highest BCUT2D eigenvalue weighted by atomic mass is 19.4. The van der Waals surface area contributed by atoms with E-state index in [1.807, 2.05) is 4.90 Å². The molecule has 1 fully saturated rings. The fourth-order valence-corrected chi connectivity index (χ4v) is 2.72. The molecule has 26 heavy (non-hydrogen) atoms. The maximum atomic E-state index is 12.8. The molecule has 1 heterocycles. The normalized spacial score (nSPS) is 15.0. The molecule has 0 atom stereocenters. The molecule has 0 spiro atoms. The van der Waals surface area contributed by atoms with Crippen LogP contribution in [0.15, 0.2) is 18.2 Å². The number of nitro benzene ring substituents is 1. The quantitative estimate of drug-likeness (QED) is 0.565. The molecule has 0 N–H and O–H groups in total. The van der Waals surface area contributed by atoms with Crippen molar-refractivity contribution in [3.63, 3.8) is 0 Å². The summed E-state index contributed by atoms with van der Waals surface area (Å²) in [6, 6.07) is 3.88. The Kier molecular flexibility index (Phi) is 6.41. The average molecular weight is 375 g/mol. The van der Waals surface area contributed by atoms with E-state index in [4.69, 9.17) is 4.74 Å². The third-order valence-corrected chi connectivity index (χ3v) is 4.11. The minimum absolute atomic E-state index is 0.0325. The van der Waals surface area contributed by atoms with Crippen molar-refractivity contribution in [2.45, 2.75) is 19.5 Å². The Labute approximate surface area is 148 Å². The number of nitro groups is 1. The number of non-ortho nitro benzene ring substituents is 1. The molecule has 1 aromatic rings. The van der Waals surface area contributed by atoms with Gasteiger partial charge in [0, 0.05) is 38.3 Å². The highest BCUT2D eigenvalue weighted by Gasteiger charge is 2.30. The smallest absolute Gasteiger partial charge is 0.378 e. The highest BCUT2D eigenvalue weighted by Crippen LogP contribution is 2.28. The lowest BCUT2D eigenvalue weighted by atomic mass is 10.1. The number of morpholine rings is 1. The van der Waals surface area contributed by atoms with Gasteiger partial charge in [-0.25, -0.2) is 0 Å². The second kappa shape index (κ2) is 8.35. The summed E-state index contributed by atoms with van der Waals surface area (Å²) in [5.41, 5.74) is 0.219. The van der Waals surface area contributed by atoms with Crippen LogP contribution < -0.4 is 4.90 Å². The maximum absolute atomic E-state index is 12.8. The average Bonchev–Trinajstić information content (AvgIpc) is 2.61. The summed E-state index contributed by atoms with van der Waals surface area (Å²) in [6.07, 6.45) is -5.52. The third kappa shape index (κ3) is 5.07. The molecule has 7 nitrogen and oxygen atoms in total. The van der Waals surface area contributed by atoms with Gasteiger partial charge in [-0.05, 0) is 13.0 Å². The van der Waals surface area contributed by atoms with Crippen LogP contribution in [0.5, 0.6) is 0 Å². The number of carbonyl (C=O) groups excluding carboxylic acids is 1. The van der Waals surface area contributed by atoms with Gasteiger partial charge >= 0.3 is 6.18 Å². The van der Waals surface area contributed by atoms with E-state index in [2.05, 4.69) is 0 Å². The van der Waals surface area contributed by atoms with Gasteiger partial charge in [-0.2, -0.15) is 13.2 Å². The van der Waals surface area contributed by atoms with E-state index in [-0.39, 0.29) is 17.8 Å². The van der Waals surface area contributed by atoms with Crippen molar-refractivity contribution in [3.05, 3.63) is 33.9 Å². The number of nitrogens with zero attached hydrogens (tertiary/aromatic N) is 3. The van der Waals surface area contributed by atoms with E-state index >= 15 is 0 Å². The fourth-order valence-electron chi connectivity index (χ4n) is 2.72. The SMILES string of the molecule is CCN(CCC(F)(F)F)C(=O)c1cc([N+](=O)[O-])ccc1N1CCOCC1. The Balaban J connectivity index is 2.34. The molecule has 1 amide bonds. The lowest BCUT2D eigenvalue weighted by Crippen LogP contribution is -2.39. The van der Waals surface area contributed by atoms with Gasteiger partial charge in [-0.15, -0.1) is 0 Å². The molecule has 0 aliphatic carbocycles. The summed E-state index contributed by atoms with van der Waals surface area (Å²) in [4.78, 5) is 26.1. The first-order valence-corrected chi connectivity index (χ1v) is 8.20. The van der Waals surface area contributed by atoms with Crippen LogP contribution in [0.1, 0.15) is 23.7 Å². The first-order chi connectivity index (χ1) is 12.2. The zero-order valence-electron chi connectivity index (χ0n) is 14.3. The number of rotatable bonds is 6. The molecule has 0 aromatic heterocycles. The van der Waals surface area contributed by atoms with E-state index in [9.17, 15) is 28.1 Å². The van der Waals surface area contributed by atoms with Crippen LogP contribution in [0, 0.1) is 10.1 Å². The number of alkyl halides is 3. The van der Waals surface area contributed by atoms with Gasteiger partial charge in [0.1, 0.15) is 0 Å². The number of halogens is 3. The van der Waals surface area contributed by atoms with E-state index in [0.29, 0.717) is 32.0 Å². The van der Waals surface area contributed by atoms with Gasteiger partial charge in [0.15, 0.2) is 0 Å². The number of ether oxygens (including phenoxy) is 1. The van der Waals surface area contributed by atoms with Crippen LogP contribution in [0.3, 0.4) is 0 Å². The van der Waals surface area contributed by atoms with Crippen molar-refractivity contribution in [1.82, 2.24) is 4.90 Å². The summed E-state index contributed by atoms with van der Waals surface area (Å²) in [6.45, 7) is 3.01. The van der Waals surface area contributed by atoms with Gasteiger partial charge in [-0.1, -0.05) is 0 Å². The first-order valence-electron chi connectivity index (χ1n) is 8.20. The van der Waals surface area contributed by atoms with Crippen molar-refractivity contribution in [1.29, 1.82) is 0 Å². The Bertz CT molecular complexity index is 661. The topological polar surface area (TPSA) is 75.9 Å². The van der Waals surface area contributed by atoms with Crippen LogP contribution in [0.4, 0.5) is 24.5 Å². The van der Waals surface area contributed by atoms with Crippen molar-refractivity contribution in [3.8, 4) is 0 Å². The van der Waals surface area contributed by atoms with Gasteiger partial charge in [-0.3, -0.25) is 14.9 Å². The largest absolute Gasteiger partial charge is 0.390 e. The zero-order valence-corrected chi connectivity index (χ0v) is 14.3. The molecule has 1 aromatic carbocycles. The molecular formula is C16H20F3N3O4. The second-order valence-electron chi connectivity index (χ2n) is 5.81. The number of anilines is 1. The maximum Gasteiger partial charge on any atom is 0.390 e.